The van der Waals surface area contributed by atoms with Crippen LogP contribution in [0.4, 0.5) is 5.69 Å². The molecule has 1 aromatic carbocycles. The van der Waals surface area contributed by atoms with Crippen molar-refractivity contribution in [3.63, 3.8) is 0 Å². The van der Waals surface area contributed by atoms with Gasteiger partial charge in [0.15, 0.2) is 5.69 Å². The lowest BCUT2D eigenvalue weighted by molar-refractivity contribution is -0.131. The van der Waals surface area contributed by atoms with Gasteiger partial charge in [-0.05, 0) is 41.7 Å². The molecule has 174 valence electrons. The van der Waals surface area contributed by atoms with Gasteiger partial charge in [-0.25, -0.2) is 4.98 Å². The van der Waals surface area contributed by atoms with Crippen LogP contribution in [0.15, 0.2) is 54.9 Å². The Morgan fingerprint density at radius 3 is 2.68 bits per heavy atom. The number of H-pyrrole nitrogens is 1. The first-order valence-corrected chi connectivity index (χ1v) is 11.5. The number of nitrogens with zero attached hydrogens (tertiary/aromatic N) is 4. The van der Waals surface area contributed by atoms with Crippen LogP contribution in [0, 0.1) is 0 Å². The van der Waals surface area contributed by atoms with Gasteiger partial charge in [0.25, 0.3) is 5.91 Å². The van der Waals surface area contributed by atoms with Crippen LogP contribution in [0.3, 0.4) is 0 Å². The number of rotatable bonds is 4. The van der Waals surface area contributed by atoms with Crippen molar-refractivity contribution in [3.05, 3.63) is 83.1 Å². The molecule has 5 rings (SSSR count). The summed E-state index contributed by atoms with van der Waals surface area (Å²) in [5, 5.41) is 10.2. The molecule has 8 nitrogen and oxygen atoms in total. The molecule has 1 aliphatic heterocycles. The molecule has 0 aliphatic carbocycles. The number of carbonyl (C=O) groups excluding carboxylic acids is 2. The van der Waals surface area contributed by atoms with Gasteiger partial charge in [-0.15, -0.1) is 0 Å². The minimum atomic E-state index is -0.244. The number of amides is 2. The van der Waals surface area contributed by atoms with Gasteiger partial charge in [0.05, 0.1) is 24.4 Å². The van der Waals surface area contributed by atoms with Crippen LogP contribution in [0.1, 0.15) is 53.8 Å². The average molecular weight is 457 g/mol. The number of pyridine rings is 1. The lowest BCUT2D eigenvalue weighted by atomic mass is 9.87. The molecule has 4 aromatic rings. The molecule has 0 fully saturated rings. The highest BCUT2D eigenvalue weighted by molar-refractivity contribution is 6.04. The first-order valence-electron chi connectivity index (χ1n) is 11.5. The van der Waals surface area contributed by atoms with Crippen molar-refractivity contribution in [1.29, 1.82) is 0 Å². The minimum absolute atomic E-state index is 0.0239. The van der Waals surface area contributed by atoms with Crippen molar-refractivity contribution < 1.29 is 9.59 Å². The maximum Gasteiger partial charge on any atom is 0.276 e. The summed E-state index contributed by atoms with van der Waals surface area (Å²) in [5.74, 6) is -0.220. The predicted molar refractivity (Wildman–Crippen MR) is 130 cm³/mol. The molecular formula is C26H28N6O2. The number of aromatic amines is 1. The van der Waals surface area contributed by atoms with E-state index < -0.39 is 0 Å². The fourth-order valence-electron chi connectivity index (χ4n) is 4.35. The maximum absolute atomic E-state index is 13.0. The molecular weight excluding hydrogens is 428 g/mol. The van der Waals surface area contributed by atoms with Crippen molar-refractivity contribution in [2.24, 2.45) is 0 Å². The molecule has 0 unspecified atom stereocenters. The second-order valence-electron chi connectivity index (χ2n) is 9.73. The summed E-state index contributed by atoms with van der Waals surface area (Å²) in [6.07, 6.45) is 4.51. The quantitative estimate of drug-likeness (QED) is 0.489. The van der Waals surface area contributed by atoms with E-state index in [1.165, 1.54) is 5.56 Å². The summed E-state index contributed by atoms with van der Waals surface area (Å²) in [6.45, 7) is 7.42. The van der Waals surface area contributed by atoms with Crippen molar-refractivity contribution in [1.82, 2.24) is 24.5 Å². The van der Waals surface area contributed by atoms with E-state index in [0.717, 1.165) is 28.3 Å². The molecule has 0 radical (unpaired) electrons. The Morgan fingerprint density at radius 1 is 1.12 bits per heavy atom. The SMILES string of the molecule is CC(C)(C)c1ccc(NC(=O)c2n[nH]c3c2CCN(C(=O)Cc2cnc4ccccn24)C3)cc1. The van der Waals surface area contributed by atoms with Gasteiger partial charge in [-0.2, -0.15) is 5.10 Å². The molecule has 4 heterocycles. The number of nitrogens with one attached hydrogen (secondary N) is 2. The lowest BCUT2D eigenvalue weighted by Gasteiger charge is -2.27. The fourth-order valence-corrected chi connectivity index (χ4v) is 4.35. The predicted octanol–water partition coefficient (Wildman–Crippen LogP) is 3.73. The number of benzene rings is 1. The maximum atomic E-state index is 13.0. The third-order valence-corrected chi connectivity index (χ3v) is 6.34. The van der Waals surface area contributed by atoms with Crippen LogP contribution in [0.2, 0.25) is 0 Å². The summed E-state index contributed by atoms with van der Waals surface area (Å²) in [7, 11) is 0. The van der Waals surface area contributed by atoms with Gasteiger partial charge in [-0.1, -0.05) is 39.0 Å². The molecule has 0 atom stereocenters. The monoisotopic (exact) mass is 456 g/mol. The zero-order valence-electron chi connectivity index (χ0n) is 19.6. The van der Waals surface area contributed by atoms with E-state index in [-0.39, 0.29) is 23.7 Å². The van der Waals surface area contributed by atoms with Gasteiger partial charge in [0.1, 0.15) is 5.65 Å². The first kappa shape index (κ1) is 21.9. The molecule has 0 saturated carbocycles. The number of imidazole rings is 1. The molecule has 0 saturated heterocycles. The van der Waals surface area contributed by atoms with Crippen LogP contribution in [0.25, 0.3) is 5.65 Å². The van der Waals surface area contributed by atoms with Crippen LogP contribution >= 0.6 is 0 Å². The van der Waals surface area contributed by atoms with Crippen LogP contribution in [-0.4, -0.2) is 42.8 Å². The molecule has 2 amide bonds. The van der Waals surface area contributed by atoms with Crippen LogP contribution in [-0.2, 0) is 29.6 Å². The highest BCUT2D eigenvalue weighted by Crippen LogP contribution is 2.25. The lowest BCUT2D eigenvalue weighted by Crippen LogP contribution is -2.37. The zero-order valence-corrected chi connectivity index (χ0v) is 19.6. The minimum Gasteiger partial charge on any atom is -0.336 e. The topological polar surface area (TPSA) is 95.4 Å². The zero-order chi connectivity index (χ0) is 23.9. The Hall–Kier alpha value is -3.94. The summed E-state index contributed by atoms with van der Waals surface area (Å²) >= 11 is 0. The highest BCUT2D eigenvalue weighted by atomic mass is 16.2. The van der Waals surface area contributed by atoms with E-state index in [1.807, 2.05) is 53.1 Å². The number of aromatic nitrogens is 4. The average Bonchev–Trinajstić information content (AvgIpc) is 3.43. The van der Waals surface area contributed by atoms with Gasteiger partial charge in [-0.3, -0.25) is 14.7 Å². The molecule has 0 spiro atoms. The Kier molecular flexibility index (Phi) is 5.43. The fraction of sp³-hybridized carbons (Fsp3) is 0.308. The summed E-state index contributed by atoms with van der Waals surface area (Å²) in [5.41, 5.74) is 5.75. The molecule has 1 aliphatic rings. The smallest absolute Gasteiger partial charge is 0.276 e. The third kappa shape index (κ3) is 4.19. The van der Waals surface area contributed by atoms with Crippen molar-refractivity contribution >= 4 is 23.1 Å². The normalized spacial score (nSPS) is 13.7. The second kappa shape index (κ2) is 8.44. The summed E-state index contributed by atoms with van der Waals surface area (Å²) < 4.78 is 1.93. The summed E-state index contributed by atoms with van der Waals surface area (Å²) in [6, 6.07) is 13.7. The van der Waals surface area contributed by atoms with Gasteiger partial charge >= 0.3 is 0 Å². The Morgan fingerprint density at radius 2 is 1.91 bits per heavy atom. The van der Waals surface area contributed by atoms with Crippen LogP contribution < -0.4 is 5.32 Å². The Balaban J connectivity index is 1.25. The van der Waals surface area contributed by atoms with Gasteiger partial charge in [0.2, 0.25) is 5.91 Å². The number of fused-ring (bicyclic) bond motifs is 2. The van der Waals surface area contributed by atoms with Crippen molar-refractivity contribution in [2.45, 2.75) is 45.6 Å². The number of hydrogen-bond acceptors (Lipinski definition) is 4. The number of anilines is 1. The van der Waals surface area contributed by atoms with E-state index in [9.17, 15) is 9.59 Å². The van der Waals surface area contributed by atoms with Crippen molar-refractivity contribution in [2.75, 3.05) is 11.9 Å². The molecule has 34 heavy (non-hydrogen) atoms. The van der Waals surface area contributed by atoms with Crippen molar-refractivity contribution in [3.8, 4) is 0 Å². The molecule has 8 heteroatoms. The third-order valence-electron chi connectivity index (χ3n) is 6.34. The highest BCUT2D eigenvalue weighted by Gasteiger charge is 2.28. The molecule has 2 N–H and O–H groups in total. The Labute approximate surface area is 198 Å². The van der Waals surface area contributed by atoms with Crippen LogP contribution in [0.5, 0.6) is 0 Å². The van der Waals surface area contributed by atoms with E-state index in [4.69, 9.17) is 0 Å². The number of hydrogen-bond donors (Lipinski definition) is 2. The Bertz CT molecular complexity index is 1360. The largest absolute Gasteiger partial charge is 0.336 e. The second-order valence-corrected chi connectivity index (χ2v) is 9.73. The molecule has 0 bridgehead atoms. The first-order chi connectivity index (χ1) is 16.3. The van der Waals surface area contributed by atoms with Gasteiger partial charge < -0.3 is 14.6 Å². The van der Waals surface area contributed by atoms with E-state index in [2.05, 4.69) is 41.3 Å². The standard InChI is InChI=1S/C26H28N6O2/c1-26(2,3)17-7-9-18(10-8-17)28-25(34)24-20-11-13-31(16-21(20)29-30-24)23(33)14-19-15-27-22-6-4-5-12-32(19)22/h4-10,12,15H,11,13-14,16H2,1-3H3,(H,28,34)(H,29,30). The number of carbonyl (C=O) groups is 2. The summed E-state index contributed by atoms with van der Waals surface area (Å²) in [4.78, 5) is 32.0. The van der Waals surface area contributed by atoms with E-state index in [0.29, 0.717) is 25.2 Å². The van der Waals surface area contributed by atoms with E-state index in [1.54, 1.807) is 11.1 Å². The molecule has 3 aromatic heterocycles. The van der Waals surface area contributed by atoms with E-state index >= 15 is 0 Å². The van der Waals surface area contributed by atoms with Gasteiger partial charge in [0, 0.05) is 30.2 Å².